The van der Waals surface area contributed by atoms with Gasteiger partial charge in [-0.1, -0.05) is 73.3 Å². The van der Waals surface area contributed by atoms with Crippen LogP contribution in [0.5, 0.6) is 0 Å². The van der Waals surface area contributed by atoms with Crippen molar-refractivity contribution in [3.8, 4) is 0 Å². The number of hydrazone groups is 1. The van der Waals surface area contributed by atoms with Gasteiger partial charge >= 0.3 is 0 Å². The van der Waals surface area contributed by atoms with Crippen molar-refractivity contribution in [2.75, 3.05) is 6.54 Å². The van der Waals surface area contributed by atoms with Crippen LogP contribution in [0.1, 0.15) is 11.1 Å². The van der Waals surface area contributed by atoms with Gasteiger partial charge in [0.25, 0.3) is 5.91 Å². The number of hydrogen-bond donors (Lipinski definition) is 1. The zero-order valence-electron chi connectivity index (χ0n) is 16.9. The van der Waals surface area contributed by atoms with E-state index in [0.717, 1.165) is 18.8 Å². The first-order chi connectivity index (χ1) is 15.6. The molecule has 1 amide bonds. The molecular formula is C22H17Br2Cl2N3O3S. The average Bonchev–Trinajstić information content (AvgIpc) is 2.75. The number of amides is 1. The number of nitrogens with one attached hydrogen (secondary N) is 1. The third-order valence-electron chi connectivity index (χ3n) is 4.38. The first-order valence-electron chi connectivity index (χ1n) is 9.42. The van der Waals surface area contributed by atoms with Gasteiger partial charge in [-0.3, -0.25) is 4.79 Å². The quantitative estimate of drug-likeness (QED) is 0.249. The van der Waals surface area contributed by atoms with Gasteiger partial charge in [-0.25, -0.2) is 13.8 Å². The Labute approximate surface area is 218 Å². The third kappa shape index (κ3) is 7.37. The van der Waals surface area contributed by atoms with Gasteiger partial charge in [0.1, 0.15) is 0 Å². The van der Waals surface area contributed by atoms with Crippen LogP contribution in [0, 0.1) is 0 Å². The molecule has 0 aromatic heterocycles. The first kappa shape index (κ1) is 25.9. The number of halogens is 4. The summed E-state index contributed by atoms with van der Waals surface area (Å²) in [5, 5.41) is 4.64. The molecule has 0 heterocycles. The van der Waals surface area contributed by atoms with E-state index in [9.17, 15) is 13.2 Å². The van der Waals surface area contributed by atoms with Crippen molar-refractivity contribution in [1.29, 1.82) is 0 Å². The largest absolute Gasteiger partial charge is 0.272 e. The molecule has 33 heavy (non-hydrogen) atoms. The molecule has 0 unspecified atom stereocenters. The molecule has 0 spiro atoms. The summed E-state index contributed by atoms with van der Waals surface area (Å²) in [6, 6.07) is 18.2. The van der Waals surface area contributed by atoms with Crippen LogP contribution in [0.15, 0.2) is 85.7 Å². The Hall–Kier alpha value is -1.75. The number of carbonyl (C=O) groups excluding carboxylic acids is 1. The summed E-state index contributed by atoms with van der Waals surface area (Å²) in [5.74, 6) is -0.605. The molecule has 3 aromatic carbocycles. The van der Waals surface area contributed by atoms with E-state index in [1.165, 1.54) is 24.4 Å². The lowest BCUT2D eigenvalue weighted by Crippen LogP contribution is -2.39. The monoisotopic (exact) mass is 631 g/mol. The van der Waals surface area contributed by atoms with Crippen molar-refractivity contribution in [1.82, 2.24) is 9.73 Å². The van der Waals surface area contributed by atoms with E-state index in [4.69, 9.17) is 23.2 Å². The minimum atomic E-state index is -4.02. The van der Waals surface area contributed by atoms with E-state index < -0.39 is 22.5 Å². The zero-order valence-corrected chi connectivity index (χ0v) is 22.4. The van der Waals surface area contributed by atoms with E-state index in [-0.39, 0.29) is 11.4 Å². The third-order valence-corrected chi connectivity index (χ3v) is 7.80. The molecule has 0 aliphatic rings. The lowest BCUT2D eigenvalue weighted by molar-refractivity contribution is -0.121. The second kappa shape index (κ2) is 11.6. The van der Waals surface area contributed by atoms with Crippen LogP contribution in [-0.2, 0) is 21.4 Å². The molecule has 11 heteroatoms. The van der Waals surface area contributed by atoms with Crippen LogP contribution in [0.4, 0.5) is 0 Å². The predicted molar refractivity (Wildman–Crippen MR) is 138 cm³/mol. The fourth-order valence-corrected chi connectivity index (χ4v) is 5.31. The van der Waals surface area contributed by atoms with Crippen LogP contribution >= 0.6 is 55.1 Å². The molecule has 0 aliphatic heterocycles. The molecule has 3 rings (SSSR count). The number of benzene rings is 3. The fraction of sp³-hybridized carbons (Fsp3) is 0.0909. The number of carbonyl (C=O) groups is 1. The highest BCUT2D eigenvalue weighted by Gasteiger charge is 2.27. The minimum Gasteiger partial charge on any atom is -0.272 e. The van der Waals surface area contributed by atoms with Crippen molar-refractivity contribution in [3.05, 3.63) is 96.8 Å². The number of sulfonamides is 1. The van der Waals surface area contributed by atoms with Gasteiger partial charge < -0.3 is 0 Å². The summed E-state index contributed by atoms with van der Waals surface area (Å²) in [7, 11) is -4.02. The second-order valence-corrected chi connectivity index (χ2v) is 11.4. The number of rotatable bonds is 8. The van der Waals surface area contributed by atoms with Crippen LogP contribution < -0.4 is 5.43 Å². The highest BCUT2D eigenvalue weighted by molar-refractivity contribution is 9.10. The second-order valence-electron chi connectivity index (χ2n) is 6.81. The van der Waals surface area contributed by atoms with Crippen LogP contribution in [0.2, 0.25) is 10.0 Å². The molecule has 172 valence electrons. The highest BCUT2D eigenvalue weighted by atomic mass is 79.9. The summed E-state index contributed by atoms with van der Waals surface area (Å²) < 4.78 is 29.3. The van der Waals surface area contributed by atoms with Gasteiger partial charge in [-0.05, 0) is 59.7 Å². The Kier molecular flexibility index (Phi) is 9.09. The van der Waals surface area contributed by atoms with Crippen molar-refractivity contribution < 1.29 is 13.2 Å². The molecule has 0 atom stereocenters. The average molecular weight is 634 g/mol. The fourth-order valence-electron chi connectivity index (χ4n) is 2.78. The lowest BCUT2D eigenvalue weighted by Gasteiger charge is -2.22. The lowest BCUT2D eigenvalue weighted by atomic mass is 10.2. The Morgan fingerprint density at radius 3 is 2.39 bits per heavy atom. The molecule has 1 N–H and O–H groups in total. The molecular weight excluding hydrogens is 617 g/mol. The molecule has 0 saturated carbocycles. The number of hydrogen-bond acceptors (Lipinski definition) is 4. The van der Waals surface area contributed by atoms with E-state index in [1.807, 2.05) is 24.3 Å². The summed E-state index contributed by atoms with van der Waals surface area (Å²) in [6.45, 7) is -0.593. The summed E-state index contributed by atoms with van der Waals surface area (Å²) >= 11 is 18.9. The van der Waals surface area contributed by atoms with Crippen LogP contribution in [0.3, 0.4) is 0 Å². The van der Waals surface area contributed by atoms with Gasteiger partial charge in [-0.2, -0.15) is 9.41 Å². The molecule has 0 bridgehead atoms. The van der Waals surface area contributed by atoms with Crippen molar-refractivity contribution in [2.45, 2.75) is 11.4 Å². The van der Waals surface area contributed by atoms with Crippen molar-refractivity contribution >= 4 is 77.2 Å². The molecule has 3 aromatic rings. The Morgan fingerprint density at radius 2 is 1.73 bits per heavy atom. The summed E-state index contributed by atoms with van der Waals surface area (Å²) in [4.78, 5) is 12.6. The minimum absolute atomic E-state index is 0.0428. The smallest absolute Gasteiger partial charge is 0.255 e. The Bertz CT molecular complexity index is 1290. The Morgan fingerprint density at radius 1 is 1.00 bits per heavy atom. The topological polar surface area (TPSA) is 78.8 Å². The van der Waals surface area contributed by atoms with Gasteiger partial charge in [0.15, 0.2) is 0 Å². The van der Waals surface area contributed by atoms with Crippen molar-refractivity contribution in [2.24, 2.45) is 5.10 Å². The van der Waals surface area contributed by atoms with Crippen molar-refractivity contribution in [3.63, 3.8) is 0 Å². The standard InChI is InChI=1S/C22H17Br2Cl2N3O3S/c23-17-5-8-20(9-6-17)33(31,32)29(13-16-4-7-19(25)11-21(16)26)14-22(30)28-27-12-15-2-1-3-18(24)10-15/h1-12H,13-14H2,(H,28,30)/b27-12+. The summed E-state index contributed by atoms with van der Waals surface area (Å²) in [6.07, 6.45) is 1.46. The normalized spacial score (nSPS) is 11.8. The van der Waals surface area contributed by atoms with E-state index in [0.29, 0.717) is 15.6 Å². The molecule has 0 saturated heterocycles. The van der Waals surface area contributed by atoms with Gasteiger partial charge in [-0.15, -0.1) is 0 Å². The number of nitrogens with zero attached hydrogens (tertiary/aromatic N) is 2. The molecule has 0 radical (unpaired) electrons. The maximum atomic E-state index is 13.3. The molecule has 6 nitrogen and oxygen atoms in total. The SMILES string of the molecule is O=C(CN(Cc1ccc(Cl)cc1Cl)S(=O)(=O)c1ccc(Br)cc1)N/N=C/c1cccc(Br)c1. The van der Waals surface area contributed by atoms with E-state index >= 15 is 0 Å². The maximum absolute atomic E-state index is 13.3. The van der Waals surface area contributed by atoms with E-state index in [2.05, 4.69) is 42.4 Å². The predicted octanol–water partition coefficient (Wildman–Crippen LogP) is 5.86. The van der Waals surface area contributed by atoms with Crippen LogP contribution in [-0.4, -0.2) is 31.4 Å². The highest BCUT2D eigenvalue weighted by Crippen LogP contribution is 2.25. The Balaban J connectivity index is 1.82. The molecule has 0 aliphatic carbocycles. The van der Waals surface area contributed by atoms with Crippen LogP contribution in [0.25, 0.3) is 0 Å². The summed E-state index contributed by atoms with van der Waals surface area (Å²) in [5.41, 5.74) is 3.64. The van der Waals surface area contributed by atoms with E-state index in [1.54, 1.807) is 24.3 Å². The van der Waals surface area contributed by atoms with Gasteiger partial charge in [0.2, 0.25) is 10.0 Å². The molecule has 0 fully saturated rings. The maximum Gasteiger partial charge on any atom is 0.255 e. The zero-order chi connectivity index (χ0) is 24.0. The van der Waals surface area contributed by atoms with Gasteiger partial charge in [0, 0.05) is 25.5 Å². The van der Waals surface area contributed by atoms with Gasteiger partial charge in [0.05, 0.1) is 17.7 Å². The first-order valence-corrected chi connectivity index (χ1v) is 13.2.